The van der Waals surface area contributed by atoms with Crippen LogP contribution in [0.2, 0.25) is 0 Å². The molecule has 0 aliphatic heterocycles. The van der Waals surface area contributed by atoms with E-state index in [-0.39, 0.29) is 18.5 Å². The van der Waals surface area contributed by atoms with Crippen LogP contribution in [-0.2, 0) is 14.8 Å². The zero-order valence-electron chi connectivity index (χ0n) is 11.9. The molecule has 0 atom stereocenters. The van der Waals surface area contributed by atoms with Crippen molar-refractivity contribution in [3.63, 3.8) is 0 Å². The number of rotatable bonds is 5. The van der Waals surface area contributed by atoms with Crippen molar-refractivity contribution in [2.75, 3.05) is 18.1 Å². The molecule has 1 N–H and O–H groups in total. The summed E-state index contributed by atoms with van der Waals surface area (Å²) in [5.41, 5.74) is 0.647. The molecule has 0 heterocycles. The number of nitrogens with zero attached hydrogens (tertiary/aromatic N) is 1. The molecule has 0 unspecified atom stereocenters. The van der Waals surface area contributed by atoms with E-state index < -0.39 is 10.0 Å². The summed E-state index contributed by atoms with van der Waals surface area (Å²) >= 11 is 3.33. The maximum atomic E-state index is 12.1. The van der Waals surface area contributed by atoms with Gasteiger partial charge in [0.05, 0.1) is 12.8 Å². The highest BCUT2D eigenvalue weighted by Gasteiger charge is 2.30. The number of amides is 1. The fourth-order valence-electron chi connectivity index (χ4n) is 2.62. The Labute approximate surface area is 133 Å². The lowest BCUT2D eigenvalue weighted by atomic mass is 10.2. The average molecular weight is 375 g/mol. The van der Waals surface area contributed by atoms with Crippen LogP contribution < -0.4 is 5.32 Å². The third-order valence-corrected chi connectivity index (χ3v) is 5.34. The summed E-state index contributed by atoms with van der Waals surface area (Å²) < 4.78 is 26.0. The monoisotopic (exact) mass is 374 g/mol. The van der Waals surface area contributed by atoms with Crippen LogP contribution in [0, 0.1) is 0 Å². The predicted molar refractivity (Wildman–Crippen MR) is 86.6 cm³/mol. The van der Waals surface area contributed by atoms with Crippen LogP contribution in [0.25, 0.3) is 0 Å². The average Bonchev–Trinajstić information content (AvgIpc) is 2.88. The topological polar surface area (TPSA) is 66.5 Å². The molecule has 1 aliphatic carbocycles. The number of hydrogen-bond donors (Lipinski definition) is 1. The second-order valence-electron chi connectivity index (χ2n) is 5.31. The Hall–Kier alpha value is -0.920. The first-order chi connectivity index (χ1) is 9.86. The van der Waals surface area contributed by atoms with Crippen molar-refractivity contribution in [1.29, 1.82) is 0 Å². The van der Waals surface area contributed by atoms with E-state index in [1.54, 1.807) is 12.1 Å². The molecule has 1 aliphatic rings. The van der Waals surface area contributed by atoms with Gasteiger partial charge in [0.1, 0.15) is 0 Å². The predicted octanol–water partition coefficient (Wildman–Crippen LogP) is 2.59. The number of carbonyl (C=O) groups excluding carboxylic acids is 1. The van der Waals surface area contributed by atoms with E-state index in [1.807, 2.05) is 12.1 Å². The van der Waals surface area contributed by atoms with Crippen LogP contribution in [-0.4, -0.2) is 37.5 Å². The Bertz CT molecular complexity index is 612. The highest BCUT2D eigenvalue weighted by atomic mass is 79.9. The van der Waals surface area contributed by atoms with Crippen LogP contribution in [0.4, 0.5) is 5.69 Å². The van der Waals surface area contributed by atoms with E-state index in [0.29, 0.717) is 5.69 Å². The lowest BCUT2D eigenvalue weighted by Gasteiger charge is -2.25. The molecule has 1 saturated carbocycles. The molecule has 1 amide bonds. The van der Waals surface area contributed by atoms with Gasteiger partial charge in [-0.2, -0.15) is 4.31 Å². The van der Waals surface area contributed by atoms with Crippen molar-refractivity contribution in [1.82, 2.24) is 4.31 Å². The van der Waals surface area contributed by atoms with E-state index >= 15 is 0 Å². The van der Waals surface area contributed by atoms with Crippen molar-refractivity contribution >= 4 is 37.5 Å². The van der Waals surface area contributed by atoms with Crippen LogP contribution in [0.15, 0.2) is 28.7 Å². The summed E-state index contributed by atoms with van der Waals surface area (Å²) in [6.07, 6.45) is 4.86. The first-order valence-corrected chi connectivity index (χ1v) is 9.52. The van der Waals surface area contributed by atoms with E-state index in [0.717, 1.165) is 36.4 Å². The van der Waals surface area contributed by atoms with Gasteiger partial charge in [0.25, 0.3) is 0 Å². The molecular weight excluding hydrogens is 356 g/mol. The van der Waals surface area contributed by atoms with Gasteiger partial charge in [-0.05, 0) is 31.0 Å². The smallest absolute Gasteiger partial charge is 0.239 e. The molecule has 5 nitrogen and oxygen atoms in total. The van der Waals surface area contributed by atoms with Gasteiger partial charge in [-0.15, -0.1) is 0 Å². The largest absolute Gasteiger partial charge is 0.325 e. The molecule has 7 heteroatoms. The highest BCUT2D eigenvalue weighted by Crippen LogP contribution is 2.25. The zero-order valence-corrected chi connectivity index (χ0v) is 14.3. The summed E-state index contributed by atoms with van der Waals surface area (Å²) in [6, 6.07) is 7.16. The lowest BCUT2D eigenvalue weighted by molar-refractivity contribution is -0.116. The first kappa shape index (κ1) is 16.5. The van der Waals surface area contributed by atoms with Gasteiger partial charge in [-0.25, -0.2) is 8.42 Å². The fourth-order valence-corrected chi connectivity index (χ4v) is 4.12. The Morgan fingerprint density at radius 1 is 1.38 bits per heavy atom. The SMILES string of the molecule is CS(=O)(=O)N(CC(=O)Nc1cccc(Br)c1)C1CCCC1. The van der Waals surface area contributed by atoms with E-state index in [2.05, 4.69) is 21.2 Å². The maximum absolute atomic E-state index is 12.1. The summed E-state index contributed by atoms with van der Waals surface area (Å²) in [7, 11) is -3.38. The van der Waals surface area contributed by atoms with Crippen LogP contribution in [0.3, 0.4) is 0 Å². The molecule has 21 heavy (non-hydrogen) atoms. The summed E-state index contributed by atoms with van der Waals surface area (Å²) in [5, 5.41) is 2.73. The van der Waals surface area contributed by atoms with Gasteiger partial charge in [0.15, 0.2) is 0 Å². The highest BCUT2D eigenvalue weighted by molar-refractivity contribution is 9.10. The van der Waals surface area contributed by atoms with Crippen LogP contribution >= 0.6 is 15.9 Å². The van der Waals surface area contributed by atoms with E-state index in [4.69, 9.17) is 0 Å². The standard InChI is InChI=1S/C14H19BrN2O3S/c1-21(19,20)17(13-7-2-3-8-13)10-14(18)16-12-6-4-5-11(15)9-12/h4-6,9,13H,2-3,7-8,10H2,1H3,(H,16,18). The molecule has 2 rings (SSSR count). The molecular formula is C14H19BrN2O3S. The second-order valence-corrected chi connectivity index (χ2v) is 8.16. The molecule has 116 valence electrons. The van der Waals surface area contributed by atoms with Gasteiger partial charge < -0.3 is 5.32 Å². The van der Waals surface area contributed by atoms with Crippen molar-refractivity contribution in [2.24, 2.45) is 0 Å². The second kappa shape index (κ2) is 6.89. The van der Waals surface area contributed by atoms with Crippen molar-refractivity contribution in [2.45, 2.75) is 31.7 Å². The zero-order chi connectivity index (χ0) is 15.5. The molecule has 1 aromatic rings. The van der Waals surface area contributed by atoms with Crippen LogP contribution in [0.1, 0.15) is 25.7 Å². The van der Waals surface area contributed by atoms with Gasteiger partial charge in [0, 0.05) is 16.2 Å². The normalized spacial score (nSPS) is 16.3. The number of carbonyl (C=O) groups is 1. The minimum absolute atomic E-state index is 0.0479. The molecule has 0 aromatic heterocycles. The Kier molecular flexibility index (Phi) is 5.40. The lowest BCUT2D eigenvalue weighted by Crippen LogP contribution is -2.43. The minimum Gasteiger partial charge on any atom is -0.325 e. The third kappa shape index (κ3) is 4.79. The van der Waals surface area contributed by atoms with Crippen molar-refractivity contribution < 1.29 is 13.2 Å². The number of sulfonamides is 1. The quantitative estimate of drug-likeness (QED) is 0.860. The molecule has 0 saturated heterocycles. The summed E-state index contributed by atoms with van der Waals surface area (Å²) in [5.74, 6) is -0.314. The van der Waals surface area contributed by atoms with Crippen molar-refractivity contribution in [3.8, 4) is 0 Å². The van der Waals surface area contributed by atoms with Crippen molar-refractivity contribution in [3.05, 3.63) is 28.7 Å². The van der Waals surface area contributed by atoms with Gasteiger partial charge in [-0.1, -0.05) is 34.8 Å². The number of nitrogens with one attached hydrogen (secondary N) is 1. The molecule has 1 fully saturated rings. The van der Waals surface area contributed by atoms with Crippen LogP contribution in [0.5, 0.6) is 0 Å². The van der Waals surface area contributed by atoms with Gasteiger partial charge in [-0.3, -0.25) is 4.79 Å². The van der Waals surface area contributed by atoms with E-state index in [9.17, 15) is 13.2 Å². The molecule has 0 spiro atoms. The molecule has 0 radical (unpaired) electrons. The Morgan fingerprint density at radius 3 is 2.62 bits per heavy atom. The number of hydrogen-bond acceptors (Lipinski definition) is 3. The molecule has 1 aromatic carbocycles. The summed E-state index contributed by atoms with van der Waals surface area (Å²) in [6.45, 7) is -0.129. The maximum Gasteiger partial charge on any atom is 0.239 e. The Morgan fingerprint density at radius 2 is 2.05 bits per heavy atom. The first-order valence-electron chi connectivity index (χ1n) is 6.88. The number of anilines is 1. The number of benzene rings is 1. The van der Waals surface area contributed by atoms with Gasteiger partial charge in [0.2, 0.25) is 15.9 Å². The van der Waals surface area contributed by atoms with E-state index in [1.165, 1.54) is 4.31 Å². The molecule has 0 bridgehead atoms. The fraction of sp³-hybridized carbons (Fsp3) is 0.500. The number of halogens is 1. The van der Waals surface area contributed by atoms with Gasteiger partial charge >= 0.3 is 0 Å². The Balaban J connectivity index is 2.04. The third-order valence-electron chi connectivity index (χ3n) is 3.57. The minimum atomic E-state index is -3.38. The summed E-state index contributed by atoms with van der Waals surface area (Å²) in [4.78, 5) is 12.1.